The van der Waals surface area contributed by atoms with Crippen molar-refractivity contribution in [3.63, 3.8) is 0 Å². The van der Waals surface area contributed by atoms with Crippen LogP contribution in [0.3, 0.4) is 0 Å². The fraction of sp³-hybridized carbons (Fsp3) is 0.176. The fourth-order valence-electron chi connectivity index (χ4n) is 2.15. The molecular formula is C17H16N2O5. The third-order valence-corrected chi connectivity index (χ3v) is 3.39. The number of rotatable bonds is 5. The van der Waals surface area contributed by atoms with Crippen molar-refractivity contribution in [1.29, 1.82) is 0 Å². The van der Waals surface area contributed by atoms with Crippen molar-refractivity contribution < 1.29 is 19.2 Å². The van der Waals surface area contributed by atoms with Crippen molar-refractivity contribution in [2.45, 2.75) is 6.92 Å². The lowest BCUT2D eigenvalue weighted by Gasteiger charge is -2.17. The van der Waals surface area contributed by atoms with Crippen LogP contribution in [0.1, 0.15) is 27.6 Å². The Labute approximate surface area is 138 Å². The zero-order valence-corrected chi connectivity index (χ0v) is 13.3. The Balaban J connectivity index is 2.38. The molecule has 2 aromatic carbocycles. The summed E-state index contributed by atoms with van der Waals surface area (Å²) in [7, 11) is 1.51. The average molecular weight is 328 g/mol. The summed E-state index contributed by atoms with van der Waals surface area (Å²) in [6.07, 6.45) is 0. The largest absolute Gasteiger partial charge is 0.462 e. The zero-order chi connectivity index (χ0) is 17.7. The number of esters is 1. The Morgan fingerprint density at radius 2 is 1.83 bits per heavy atom. The first-order chi connectivity index (χ1) is 11.5. The molecule has 1 amide bonds. The molecule has 7 heteroatoms. The van der Waals surface area contributed by atoms with Gasteiger partial charge in [0.1, 0.15) is 5.56 Å². The van der Waals surface area contributed by atoms with Gasteiger partial charge in [0.05, 0.1) is 17.2 Å². The summed E-state index contributed by atoms with van der Waals surface area (Å²) in [5, 5.41) is 11.2. The van der Waals surface area contributed by atoms with Gasteiger partial charge in [-0.15, -0.1) is 0 Å². The van der Waals surface area contributed by atoms with Gasteiger partial charge in [-0.25, -0.2) is 4.79 Å². The van der Waals surface area contributed by atoms with Crippen molar-refractivity contribution in [2.75, 3.05) is 18.6 Å². The second kappa shape index (κ2) is 7.36. The Morgan fingerprint density at radius 3 is 2.42 bits per heavy atom. The summed E-state index contributed by atoms with van der Waals surface area (Å²) < 4.78 is 4.81. The van der Waals surface area contributed by atoms with Crippen molar-refractivity contribution in [3.05, 3.63) is 69.8 Å². The highest BCUT2D eigenvalue weighted by Crippen LogP contribution is 2.26. The molecule has 0 aliphatic carbocycles. The molecule has 124 valence electrons. The van der Waals surface area contributed by atoms with Gasteiger partial charge in [0.15, 0.2) is 0 Å². The first kappa shape index (κ1) is 17.1. The van der Waals surface area contributed by atoms with E-state index in [2.05, 4.69) is 0 Å². The SMILES string of the molecule is CCOC(=O)c1ccc(N(C)C(=O)c2ccccc2)cc1[N+](=O)[O-]. The molecule has 0 saturated heterocycles. The number of nitro benzene ring substituents is 1. The van der Waals surface area contributed by atoms with Gasteiger partial charge in [-0.1, -0.05) is 18.2 Å². The Morgan fingerprint density at radius 1 is 1.17 bits per heavy atom. The molecule has 2 rings (SSSR count). The summed E-state index contributed by atoms with van der Waals surface area (Å²) in [4.78, 5) is 36.1. The highest BCUT2D eigenvalue weighted by Gasteiger charge is 2.24. The molecular weight excluding hydrogens is 312 g/mol. The normalized spacial score (nSPS) is 10.1. The van der Waals surface area contributed by atoms with Gasteiger partial charge >= 0.3 is 5.97 Å². The van der Waals surface area contributed by atoms with Crippen LogP contribution >= 0.6 is 0 Å². The molecule has 0 saturated carbocycles. The lowest BCUT2D eigenvalue weighted by molar-refractivity contribution is -0.385. The topological polar surface area (TPSA) is 89.8 Å². The Hall–Kier alpha value is -3.22. The molecule has 7 nitrogen and oxygen atoms in total. The first-order valence-corrected chi connectivity index (χ1v) is 7.24. The van der Waals surface area contributed by atoms with Gasteiger partial charge in [-0.05, 0) is 31.2 Å². The van der Waals surface area contributed by atoms with Crippen LogP contribution in [0.25, 0.3) is 0 Å². The number of nitro groups is 1. The van der Waals surface area contributed by atoms with Crippen LogP contribution < -0.4 is 4.90 Å². The van der Waals surface area contributed by atoms with Gasteiger partial charge in [-0.3, -0.25) is 14.9 Å². The molecule has 24 heavy (non-hydrogen) atoms. The molecule has 0 spiro atoms. The van der Waals surface area contributed by atoms with Crippen LogP contribution in [0, 0.1) is 10.1 Å². The number of anilines is 1. The lowest BCUT2D eigenvalue weighted by Crippen LogP contribution is -2.26. The number of benzene rings is 2. The van der Waals surface area contributed by atoms with E-state index in [1.54, 1.807) is 37.3 Å². The predicted molar refractivity (Wildman–Crippen MR) is 88.2 cm³/mol. The van der Waals surface area contributed by atoms with E-state index < -0.39 is 16.6 Å². The summed E-state index contributed by atoms with van der Waals surface area (Å²) in [6.45, 7) is 1.73. The molecule has 0 fully saturated rings. The molecule has 0 bridgehead atoms. The van der Waals surface area contributed by atoms with Crippen LogP contribution in [0.4, 0.5) is 11.4 Å². The van der Waals surface area contributed by atoms with E-state index in [-0.39, 0.29) is 18.1 Å². The maximum absolute atomic E-state index is 12.4. The molecule has 0 atom stereocenters. The minimum atomic E-state index is -0.771. The molecule has 0 radical (unpaired) electrons. The van der Waals surface area contributed by atoms with Gasteiger partial charge in [0.25, 0.3) is 11.6 Å². The van der Waals surface area contributed by atoms with Crippen molar-refractivity contribution in [2.24, 2.45) is 0 Å². The van der Waals surface area contributed by atoms with E-state index in [9.17, 15) is 19.7 Å². The van der Waals surface area contributed by atoms with Crippen LogP contribution in [0.2, 0.25) is 0 Å². The summed E-state index contributed by atoms with van der Waals surface area (Å²) >= 11 is 0. The summed E-state index contributed by atoms with van der Waals surface area (Å²) in [5.41, 5.74) is 0.213. The molecule has 0 unspecified atom stereocenters. The van der Waals surface area contributed by atoms with Gasteiger partial charge < -0.3 is 9.64 Å². The molecule has 0 aliphatic rings. The number of amides is 1. The quantitative estimate of drug-likeness (QED) is 0.478. The zero-order valence-electron chi connectivity index (χ0n) is 13.3. The third-order valence-electron chi connectivity index (χ3n) is 3.39. The van der Waals surface area contributed by atoms with E-state index in [0.29, 0.717) is 11.3 Å². The van der Waals surface area contributed by atoms with E-state index >= 15 is 0 Å². The molecule has 0 N–H and O–H groups in total. The summed E-state index contributed by atoms with van der Waals surface area (Å²) in [6, 6.07) is 12.5. The van der Waals surface area contributed by atoms with Crippen LogP contribution in [-0.2, 0) is 4.74 Å². The van der Waals surface area contributed by atoms with Gasteiger partial charge in [0, 0.05) is 18.7 Å². The van der Waals surface area contributed by atoms with E-state index in [0.717, 1.165) is 0 Å². The standard InChI is InChI=1S/C17H16N2O5/c1-3-24-17(21)14-10-9-13(11-15(14)19(22)23)18(2)16(20)12-7-5-4-6-8-12/h4-11H,3H2,1-2H3. The smallest absolute Gasteiger partial charge is 0.345 e. The number of ether oxygens (including phenoxy) is 1. The van der Waals surface area contributed by atoms with Crippen molar-refractivity contribution in [3.8, 4) is 0 Å². The first-order valence-electron chi connectivity index (χ1n) is 7.24. The molecule has 0 heterocycles. The van der Waals surface area contributed by atoms with Gasteiger partial charge in [0.2, 0.25) is 0 Å². The number of nitrogens with zero attached hydrogens (tertiary/aromatic N) is 2. The van der Waals surface area contributed by atoms with Crippen molar-refractivity contribution >= 4 is 23.3 Å². The molecule has 2 aromatic rings. The van der Waals surface area contributed by atoms with E-state index in [4.69, 9.17) is 4.74 Å². The Bertz CT molecular complexity index is 774. The number of hydrogen-bond donors (Lipinski definition) is 0. The molecule has 0 aromatic heterocycles. The second-order valence-corrected chi connectivity index (χ2v) is 4.91. The maximum atomic E-state index is 12.4. The Kier molecular flexibility index (Phi) is 5.26. The lowest BCUT2D eigenvalue weighted by atomic mass is 10.1. The third kappa shape index (κ3) is 3.57. The number of carbonyl (C=O) groups excluding carboxylic acids is 2. The van der Waals surface area contributed by atoms with E-state index in [1.807, 2.05) is 0 Å². The van der Waals surface area contributed by atoms with Gasteiger partial charge in [-0.2, -0.15) is 0 Å². The highest BCUT2D eigenvalue weighted by atomic mass is 16.6. The maximum Gasteiger partial charge on any atom is 0.345 e. The predicted octanol–water partition coefficient (Wildman–Crippen LogP) is 3.05. The second-order valence-electron chi connectivity index (χ2n) is 4.91. The van der Waals surface area contributed by atoms with Crippen molar-refractivity contribution in [1.82, 2.24) is 0 Å². The number of hydrogen-bond acceptors (Lipinski definition) is 5. The average Bonchev–Trinajstić information content (AvgIpc) is 2.60. The summed E-state index contributed by atoms with van der Waals surface area (Å²) in [5.74, 6) is -1.08. The minimum Gasteiger partial charge on any atom is -0.462 e. The van der Waals surface area contributed by atoms with Crippen LogP contribution in [0.15, 0.2) is 48.5 Å². The van der Waals surface area contributed by atoms with Crippen LogP contribution in [-0.4, -0.2) is 30.5 Å². The molecule has 0 aliphatic heterocycles. The fourth-order valence-corrected chi connectivity index (χ4v) is 2.15. The minimum absolute atomic E-state index is 0.115. The van der Waals surface area contributed by atoms with Crippen LogP contribution in [0.5, 0.6) is 0 Å². The highest BCUT2D eigenvalue weighted by molar-refractivity contribution is 6.06. The number of carbonyl (C=O) groups is 2. The monoisotopic (exact) mass is 328 g/mol. The van der Waals surface area contributed by atoms with E-state index in [1.165, 1.54) is 30.1 Å².